The molecule has 0 aromatic carbocycles. The van der Waals surface area contributed by atoms with Gasteiger partial charge in [-0.15, -0.1) is 0 Å². The van der Waals surface area contributed by atoms with E-state index in [0.29, 0.717) is 0 Å². The van der Waals surface area contributed by atoms with Crippen LogP contribution in [-0.2, 0) is 0 Å². The molecule has 0 aliphatic heterocycles. The summed E-state index contributed by atoms with van der Waals surface area (Å²) in [6.45, 7) is 0. The van der Waals surface area contributed by atoms with E-state index in [-0.39, 0.29) is 0 Å². The molecule has 0 amide bonds. The fourth-order valence-corrected chi connectivity index (χ4v) is 3.64. The van der Waals surface area contributed by atoms with Crippen LogP contribution in [0.1, 0.15) is 96.3 Å². The predicted molar refractivity (Wildman–Crippen MR) is 86.5 cm³/mol. The normalized spacial score (nSPS) is 17.2. The van der Waals surface area contributed by atoms with Gasteiger partial charge in [-0.1, -0.05) is 106 Å². The van der Waals surface area contributed by atoms with Gasteiger partial charge < -0.3 is 0 Å². The van der Waals surface area contributed by atoms with Crippen molar-refractivity contribution in [3.63, 3.8) is 0 Å². The molecule has 1 heteroatoms. The minimum atomic E-state index is 1.10. The molecule has 1 aliphatic carbocycles. The summed E-state index contributed by atoms with van der Waals surface area (Å²) >= 11 is 3.49. The molecule has 1 aliphatic rings. The van der Waals surface area contributed by atoms with Crippen LogP contribution in [0, 0.1) is 5.92 Å². The molecule has 0 radical (unpaired) electrons. The van der Waals surface area contributed by atoms with Crippen LogP contribution in [-0.4, -0.2) is 5.33 Å². The van der Waals surface area contributed by atoms with Crippen LogP contribution >= 0.6 is 15.9 Å². The third kappa shape index (κ3) is 9.42. The summed E-state index contributed by atoms with van der Waals surface area (Å²) < 4.78 is 0. The molecule has 1 saturated carbocycles. The van der Waals surface area contributed by atoms with E-state index in [9.17, 15) is 0 Å². The zero-order valence-electron chi connectivity index (χ0n) is 12.3. The highest BCUT2D eigenvalue weighted by molar-refractivity contribution is 9.09. The van der Waals surface area contributed by atoms with Crippen LogP contribution in [0.5, 0.6) is 0 Å². The summed E-state index contributed by atoms with van der Waals surface area (Å²) in [5, 5.41) is 1.19. The average Bonchev–Trinajstić information content (AvgIpc) is 2.42. The fraction of sp³-hybridized carbons (Fsp3) is 1.00. The van der Waals surface area contributed by atoms with Crippen molar-refractivity contribution in [1.29, 1.82) is 0 Å². The SMILES string of the molecule is BrCCCCCCCCCCCC1CCCCC1. The molecule has 0 N–H and O–H groups in total. The van der Waals surface area contributed by atoms with Gasteiger partial charge >= 0.3 is 0 Å². The van der Waals surface area contributed by atoms with Crippen molar-refractivity contribution in [2.75, 3.05) is 5.33 Å². The molecule has 1 rings (SSSR count). The Balaban J connectivity index is 1.73. The molecule has 0 spiro atoms. The molecule has 0 nitrogen and oxygen atoms in total. The number of hydrogen-bond acceptors (Lipinski definition) is 0. The van der Waals surface area contributed by atoms with Gasteiger partial charge in [0, 0.05) is 5.33 Å². The summed E-state index contributed by atoms with van der Waals surface area (Å²) in [6, 6.07) is 0. The Hall–Kier alpha value is 0.480. The van der Waals surface area contributed by atoms with E-state index < -0.39 is 0 Å². The summed E-state index contributed by atoms with van der Waals surface area (Å²) in [5.74, 6) is 1.10. The van der Waals surface area contributed by atoms with Gasteiger partial charge in [0.1, 0.15) is 0 Å². The lowest BCUT2D eigenvalue weighted by molar-refractivity contribution is 0.328. The minimum absolute atomic E-state index is 1.10. The second kappa shape index (κ2) is 12.5. The van der Waals surface area contributed by atoms with Crippen molar-refractivity contribution in [3.8, 4) is 0 Å². The topological polar surface area (TPSA) is 0 Å². The van der Waals surface area contributed by atoms with Gasteiger partial charge in [0.05, 0.1) is 0 Å². The maximum absolute atomic E-state index is 3.49. The van der Waals surface area contributed by atoms with Crippen LogP contribution in [0.2, 0.25) is 0 Å². The quantitative estimate of drug-likeness (QED) is 0.288. The number of alkyl halides is 1. The summed E-state index contributed by atoms with van der Waals surface area (Å²) in [7, 11) is 0. The molecular formula is C17H33Br. The molecule has 0 unspecified atom stereocenters. The zero-order chi connectivity index (χ0) is 12.9. The summed E-state index contributed by atoms with van der Waals surface area (Å²) in [5.41, 5.74) is 0. The Kier molecular flexibility index (Phi) is 11.5. The van der Waals surface area contributed by atoms with E-state index in [2.05, 4.69) is 15.9 Å². The Bertz CT molecular complexity index is 161. The van der Waals surface area contributed by atoms with Gasteiger partial charge in [0.2, 0.25) is 0 Å². The first-order valence-corrected chi connectivity index (χ1v) is 9.61. The lowest BCUT2D eigenvalue weighted by atomic mass is 9.85. The zero-order valence-corrected chi connectivity index (χ0v) is 13.9. The first-order chi connectivity index (χ1) is 8.93. The van der Waals surface area contributed by atoms with E-state index in [1.165, 1.54) is 102 Å². The van der Waals surface area contributed by atoms with Crippen molar-refractivity contribution in [1.82, 2.24) is 0 Å². The number of rotatable bonds is 11. The van der Waals surface area contributed by atoms with E-state index in [1.807, 2.05) is 0 Å². The van der Waals surface area contributed by atoms with Gasteiger partial charge in [-0.05, 0) is 12.3 Å². The standard InChI is InChI=1S/C17H33Br/c18-16-12-7-5-3-1-2-4-6-9-13-17-14-10-8-11-15-17/h17H,1-16H2. The molecule has 0 heterocycles. The molecular weight excluding hydrogens is 284 g/mol. The molecule has 0 aromatic heterocycles. The number of hydrogen-bond donors (Lipinski definition) is 0. The lowest BCUT2D eigenvalue weighted by Gasteiger charge is -2.21. The Labute approximate surface area is 123 Å². The van der Waals surface area contributed by atoms with Crippen LogP contribution in [0.4, 0.5) is 0 Å². The molecule has 0 atom stereocenters. The molecule has 0 saturated heterocycles. The Morgan fingerprint density at radius 2 is 1.11 bits per heavy atom. The average molecular weight is 317 g/mol. The largest absolute Gasteiger partial charge is 0.0928 e. The smallest absolute Gasteiger partial charge is 0.00313 e. The highest BCUT2D eigenvalue weighted by Crippen LogP contribution is 2.28. The van der Waals surface area contributed by atoms with Gasteiger partial charge in [0.25, 0.3) is 0 Å². The maximum Gasteiger partial charge on any atom is 0.00313 e. The first kappa shape index (κ1) is 16.5. The predicted octanol–water partition coefficient (Wildman–Crippen LogP) is 6.86. The Morgan fingerprint density at radius 1 is 0.611 bits per heavy atom. The summed E-state index contributed by atoms with van der Waals surface area (Å²) in [6.07, 6.45) is 22.3. The first-order valence-electron chi connectivity index (χ1n) is 8.49. The van der Waals surface area contributed by atoms with Gasteiger partial charge in [-0.25, -0.2) is 0 Å². The van der Waals surface area contributed by atoms with E-state index in [4.69, 9.17) is 0 Å². The molecule has 0 aromatic rings. The molecule has 1 fully saturated rings. The van der Waals surface area contributed by atoms with Crippen molar-refractivity contribution in [2.45, 2.75) is 96.3 Å². The third-order valence-electron chi connectivity index (χ3n) is 4.47. The van der Waals surface area contributed by atoms with Crippen LogP contribution in [0.15, 0.2) is 0 Å². The van der Waals surface area contributed by atoms with Gasteiger partial charge in [-0.2, -0.15) is 0 Å². The Morgan fingerprint density at radius 3 is 1.67 bits per heavy atom. The van der Waals surface area contributed by atoms with Crippen LogP contribution < -0.4 is 0 Å². The monoisotopic (exact) mass is 316 g/mol. The van der Waals surface area contributed by atoms with Crippen molar-refractivity contribution >= 4 is 15.9 Å². The van der Waals surface area contributed by atoms with Crippen molar-refractivity contribution in [2.24, 2.45) is 5.92 Å². The summed E-state index contributed by atoms with van der Waals surface area (Å²) in [4.78, 5) is 0. The highest BCUT2D eigenvalue weighted by Gasteiger charge is 2.12. The second-order valence-electron chi connectivity index (χ2n) is 6.16. The minimum Gasteiger partial charge on any atom is -0.0928 e. The molecule has 108 valence electrons. The van der Waals surface area contributed by atoms with E-state index in [0.717, 1.165) is 5.92 Å². The number of unbranched alkanes of at least 4 members (excludes halogenated alkanes) is 8. The van der Waals surface area contributed by atoms with Crippen molar-refractivity contribution < 1.29 is 0 Å². The second-order valence-corrected chi connectivity index (χ2v) is 6.96. The maximum atomic E-state index is 3.49. The number of halogens is 1. The lowest BCUT2D eigenvalue weighted by Crippen LogP contribution is -2.05. The van der Waals surface area contributed by atoms with E-state index >= 15 is 0 Å². The van der Waals surface area contributed by atoms with E-state index in [1.54, 1.807) is 0 Å². The van der Waals surface area contributed by atoms with Crippen LogP contribution in [0.25, 0.3) is 0 Å². The van der Waals surface area contributed by atoms with Gasteiger partial charge in [-0.3, -0.25) is 0 Å². The van der Waals surface area contributed by atoms with Crippen LogP contribution in [0.3, 0.4) is 0 Å². The molecule has 0 bridgehead atoms. The fourth-order valence-electron chi connectivity index (χ4n) is 3.24. The third-order valence-corrected chi connectivity index (χ3v) is 5.03. The van der Waals surface area contributed by atoms with Crippen molar-refractivity contribution in [3.05, 3.63) is 0 Å². The highest BCUT2D eigenvalue weighted by atomic mass is 79.9. The molecule has 18 heavy (non-hydrogen) atoms. The van der Waals surface area contributed by atoms with Gasteiger partial charge in [0.15, 0.2) is 0 Å².